The van der Waals surface area contributed by atoms with E-state index in [1.807, 2.05) is 35.2 Å². The number of H-pyrrole nitrogens is 1. The van der Waals surface area contributed by atoms with E-state index in [0.717, 1.165) is 13.0 Å². The molecule has 0 fully saturated rings. The number of aryl methyl sites for hydroxylation is 1. The van der Waals surface area contributed by atoms with Gasteiger partial charge >= 0.3 is 0 Å². The zero-order valence-electron chi connectivity index (χ0n) is 18.1. The van der Waals surface area contributed by atoms with E-state index in [1.54, 1.807) is 6.07 Å². The second-order valence-corrected chi connectivity index (χ2v) is 8.17. The fraction of sp³-hybridized carbons (Fsp3) is 0.360. The molecule has 0 spiro atoms. The smallest absolute Gasteiger partial charge is 0.258 e. The third-order valence-corrected chi connectivity index (χ3v) is 5.85. The van der Waals surface area contributed by atoms with Crippen molar-refractivity contribution in [3.8, 4) is 0 Å². The maximum atomic E-state index is 12.5. The van der Waals surface area contributed by atoms with Crippen molar-refractivity contribution in [1.82, 2.24) is 20.2 Å². The number of hydrogen-bond donors (Lipinski definition) is 2. The third-order valence-electron chi connectivity index (χ3n) is 5.85. The van der Waals surface area contributed by atoms with Crippen LogP contribution in [0.4, 0.5) is 0 Å². The molecule has 7 nitrogen and oxygen atoms in total. The molecule has 1 aliphatic rings. The number of amides is 2. The van der Waals surface area contributed by atoms with Crippen molar-refractivity contribution < 1.29 is 9.59 Å². The third kappa shape index (κ3) is 5.41. The molecule has 0 unspecified atom stereocenters. The SMILES string of the molecule is O=C(CCCc1nc2ccccc2c(=O)[nH]1)NCCCC(=O)N1CCc2ccccc2C1. The van der Waals surface area contributed by atoms with Crippen LogP contribution in [0, 0.1) is 0 Å². The Kier molecular flexibility index (Phi) is 6.94. The van der Waals surface area contributed by atoms with Crippen LogP contribution in [0.15, 0.2) is 53.3 Å². The van der Waals surface area contributed by atoms with Gasteiger partial charge in [-0.3, -0.25) is 14.4 Å². The van der Waals surface area contributed by atoms with Crippen LogP contribution in [0.1, 0.15) is 42.6 Å². The molecule has 0 saturated heterocycles. The summed E-state index contributed by atoms with van der Waals surface area (Å²) in [6.07, 6.45) is 3.44. The summed E-state index contributed by atoms with van der Waals surface area (Å²) < 4.78 is 0. The molecule has 0 radical (unpaired) electrons. The molecule has 2 heterocycles. The molecular weight excluding hydrogens is 404 g/mol. The summed E-state index contributed by atoms with van der Waals surface area (Å²) in [6.45, 7) is 1.92. The van der Waals surface area contributed by atoms with Gasteiger partial charge in [-0.05, 0) is 42.5 Å². The van der Waals surface area contributed by atoms with Crippen molar-refractivity contribution in [1.29, 1.82) is 0 Å². The Balaban J connectivity index is 1.14. The summed E-state index contributed by atoms with van der Waals surface area (Å²) in [5, 5.41) is 3.45. The minimum atomic E-state index is -0.156. The normalized spacial score (nSPS) is 13.1. The van der Waals surface area contributed by atoms with Gasteiger partial charge in [0.1, 0.15) is 5.82 Å². The highest BCUT2D eigenvalue weighted by Crippen LogP contribution is 2.19. The summed E-state index contributed by atoms with van der Waals surface area (Å²) in [5.41, 5.74) is 3.06. The van der Waals surface area contributed by atoms with Crippen molar-refractivity contribution in [3.63, 3.8) is 0 Å². The van der Waals surface area contributed by atoms with Crippen LogP contribution in [0.3, 0.4) is 0 Å². The molecule has 0 atom stereocenters. The maximum Gasteiger partial charge on any atom is 0.258 e. The molecule has 0 saturated carbocycles. The number of carbonyl (C=O) groups excluding carboxylic acids is 2. The van der Waals surface area contributed by atoms with E-state index in [4.69, 9.17) is 0 Å². The average molecular weight is 433 g/mol. The topological polar surface area (TPSA) is 95.2 Å². The molecule has 2 amide bonds. The quantitative estimate of drug-likeness (QED) is 0.535. The van der Waals surface area contributed by atoms with E-state index >= 15 is 0 Å². The summed E-state index contributed by atoms with van der Waals surface area (Å²) in [6, 6.07) is 15.5. The number of aromatic amines is 1. The van der Waals surface area contributed by atoms with E-state index in [-0.39, 0.29) is 17.4 Å². The molecule has 0 aliphatic carbocycles. The molecule has 1 aromatic heterocycles. The molecule has 1 aliphatic heterocycles. The van der Waals surface area contributed by atoms with Gasteiger partial charge in [0.15, 0.2) is 0 Å². The monoisotopic (exact) mass is 432 g/mol. The molecule has 32 heavy (non-hydrogen) atoms. The van der Waals surface area contributed by atoms with Gasteiger partial charge < -0.3 is 15.2 Å². The van der Waals surface area contributed by atoms with Crippen molar-refractivity contribution in [3.05, 3.63) is 75.8 Å². The minimum absolute atomic E-state index is 0.0486. The standard InChI is InChI=1S/C25H28N4O3/c30-23(12-5-11-22-27-21-10-4-3-9-20(21)25(32)28-22)26-15-6-13-24(31)29-16-14-18-7-1-2-8-19(18)17-29/h1-4,7-10H,5-6,11-17H2,(H,26,30)(H,27,28,32). The van der Waals surface area contributed by atoms with Crippen molar-refractivity contribution in [2.45, 2.75) is 45.1 Å². The zero-order chi connectivity index (χ0) is 22.3. The highest BCUT2D eigenvalue weighted by molar-refractivity contribution is 5.78. The largest absolute Gasteiger partial charge is 0.356 e. The average Bonchev–Trinajstić information content (AvgIpc) is 2.81. The molecule has 7 heteroatoms. The number of benzene rings is 2. The lowest BCUT2D eigenvalue weighted by Gasteiger charge is -2.29. The first-order valence-corrected chi connectivity index (χ1v) is 11.2. The van der Waals surface area contributed by atoms with Gasteiger partial charge in [0.2, 0.25) is 11.8 Å². The summed E-state index contributed by atoms with van der Waals surface area (Å²) >= 11 is 0. The first-order chi connectivity index (χ1) is 15.6. The fourth-order valence-electron chi connectivity index (χ4n) is 4.09. The van der Waals surface area contributed by atoms with Crippen molar-refractivity contribution in [2.24, 2.45) is 0 Å². The number of carbonyl (C=O) groups is 2. The second kappa shape index (κ2) is 10.2. The maximum absolute atomic E-state index is 12.5. The Labute approximate surface area is 186 Å². The van der Waals surface area contributed by atoms with Crippen LogP contribution < -0.4 is 10.9 Å². The number of nitrogens with one attached hydrogen (secondary N) is 2. The Morgan fingerprint density at radius 2 is 1.78 bits per heavy atom. The molecular formula is C25H28N4O3. The van der Waals surface area contributed by atoms with Gasteiger partial charge in [0, 0.05) is 38.9 Å². The molecule has 2 N–H and O–H groups in total. The minimum Gasteiger partial charge on any atom is -0.356 e. The van der Waals surface area contributed by atoms with E-state index in [1.165, 1.54) is 11.1 Å². The molecule has 166 valence electrons. The van der Waals surface area contributed by atoms with Gasteiger partial charge in [-0.1, -0.05) is 36.4 Å². The predicted molar refractivity (Wildman–Crippen MR) is 123 cm³/mol. The Hall–Kier alpha value is -3.48. The van der Waals surface area contributed by atoms with Gasteiger partial charge in [0.25, 0.3) is 5.56 Å². The van der Waals surface area contributed by atoms with E-state index in [0.29, 0.717) is 61.9 Å². The molecule has 4 rings (SSSR count). The van der Waals surface area contributed by atoms with Gasteiger partial charge in [0.05, 0.1) is 10.9 Å². The Bertz CT molecular complexity index is 1170. The van der Waals surface area contributed by atoms with Crippen LogP contribution in [-0.2, 0) is 29.0 Å². The lowest BCUT2D eigenvalue weighted by atomic mass is 9.99. The fourth-order valence-corrected chi connectivity index (χ4v) is 4.09. The van der Waals surface area contributed by atoms with E-state index in [9.17, 15) is 14.4 Å². The summed E-state index contributed by atoms with van der Waals surface area (Å²) in [5.74, 6) is 0.683. The number of aromatic nitrogens is 2. The van der Waals surface area contributed by atoms with Crippen LogP contribution in [-0.4, -0.2) is 39.8 Å². The van der Waals surface area contributed by atoms with Crippen molar-refractivity contribution >= 4 is 22.7 Å². The first-order valence-electron chi connectivity index (χ1n) is 11.2. The van der Waals surface area contributed by atoms with Crippen LogP contribution >= 0.6 is 0 Å². The number of hydrogen-bond acceptors (Lipinski definition) is 4. The first kappa shape index (κ1) is 21.7. The number of fused-ring (bicyclic) bond motifs is 2. The predicted octanol–water partition coefficient (Wildman–Crippen LogP) is 2.73. The summed E-state index contributed by atoms with van der Waals surface area (Å²) in [7, 11) is 0. The highest BCUT2D eigenvalue weighted by Gasteiger charge is 2.19. The van der Waals surface area contributed by atoms with Crippen molar-refractivity contribution in [2.75, 3.05) is 13.1 Å². The number of para-hydroxylation sites is 1. The van der Waals surface area contributed by atoms with E-state index in [2.05, 4.69) is 27.4 Å². The Morgan fingerprint density at radius 3 is 2.66 bits per heavy atom. The van der Waals surface area contributed by atoms with Gasteiger partial charge in [-0.2, -0.15) is 0 Å². The van der Waals surface area contributed by atoms with Crippen LogP contribution in [0.5, 0.6) is 0 Å². The zero-order valence-corrected chi connectivity index (χ0v) is 18.1. The van der Waals surface area contributed by atoms with E-state index < -0.39 is 0 Å². The Morgan fingerprint density at radius 1 is 1.00 bits per heavy atom. The lowest BCUT2D eigenvalue weighted by molar-refractivity contribution is -0.132. The van der Waals surface area contributed by atoms with Crippen LogP contribution in [0.2, 0.25) is 0 Å². The number of nitrogens with zero attached hydrogens (tertiary/aromatic N) is 2. The molecule has 3 aromatic rings. The lowest BCUT2D eigenvalue weighted by Crippen LogP contribution is -2.36. The second-order valence-electron chi connectivity index (χ2n) is 8.17. The summed E-state index contributed by atoms with van der Waals surface area (Å²) in [4.78, 5) is 45.8. The van der Waals surface area contributed by atoms with Crippen LogP contribution in [0.25, 0.3) is 10.9 Å². The number of rotatable bonds is 8. The molecule has 0 bridgehead atoms. The van der Waals surface area contributed by atoms with Gasteiger partial charge in [-0.25, -0.2) is 4.98 Å². The van der Waals surface area contributed by atoms with Gasteiger partial charge in [-0.15, -0.1) is 0 Å². The molecule has 2 aromatic carbocycles. The highest BCUT2D eigenvalue weighted by atomic mass is 16.2.